The van der Waals surface area contributed by atoms with E-state index in [1.165, 1.54) is 11.1 Å². The highest BCUT2D eigenvalue weighted by Crippen LogP contribution is 2.31. The third kappa shape index (κ3) is 5.01. The first-order valence-electron chi connectivity index (χ1n) is 9.94. The summed E-state index contributed by atoms with van der Waals surface area (Å²) in [6, 6.07) is 12.6. The third-order valence-electron chi connectivity index (χ3n) is 4.98. The summed E-state index contributed by atoms with van der Waals surface area (Å²) < 4.78 is 7.84. The summed E-state index contributed by atoms with van der Waals surface area (Å²) in [5.41, 5.74) is 4.45. The van der Waals surface area contributed by atoms with Crippen LogP contribution in [0.4, 0.5) is 0 Å². The topological polar surface area (TPSA) is 63.0 Å². The Hall–Kier alpha value is -2.29. The number of aromatic nitrogens is 2. The average Bonchev–Trinajstić information content (AvgIpc) is 3.13. The number of pyridine rings is 1. The minimum absolute atomic E-state index is 0. The molecule has 0 aliphatic carbocycles. The monoisotopic (exact) mass is 505 g/mol. The minimum Gasteiger partial charge on any atom is -0.493 e. The maximum Gasteiger partial charge on any atom is 0.191 e. The lowest BCUT2D eigenvalue weighted by Gasteiger charge is -2.28. The summed E-state index contributed by atoms with van der Waals surface area (Å²) in [5, 5.41) is 6.92. The maximum absolute atomic E-state index is 5.76. The van der Waals surface area contributed by atoms with Crippen LogP contribution in [0.1, 0.15) is 36.2 Å². The predicted molar refractivity (Wildman–Crippen MR) is 127 cm³/mol. The fourth-order valence-corrected chi connectivity index (χ4v) is 3.58. The SMILES string of the molecule is CCNC(=NCCc1cn2cccc(C)c2n1)NC1CCOc2ccccc21.I. The van der Waals surface area contributed by atoms with Crippen LogP contribution < -0.4 is 15.4 Å². The average molecular weight is 505 g/mol. The number of nitrogens with one attached hydrogen (secondary N) is 2. The Balaban J connectivity index is 0.00000240. The van der Waals surface area contributed by atoms with Crippen molar-refractivity contribution in [3.8, 4) is 5.75 Å². The molecule has 0 spiro atoms. The molecule has 1 unspecified atom stereocenters. The number of hydrogen-bond donors (Lipinski definition) is 2. The molecule has 0 bridgehead atoms. The standard InChI is InChI=1S/C22H27N5O.HI/c1-3-23-22(26-19-11-14-28-20-9-5-4-8-18(19)20)24-12-10-17-15-27-13-6-7-16(2)21(27)25-17;/h4-9,13,15,19H,3,10-12,14H2,1-2H3,(H2,23,24,26);1H. The van der Waals surface area contributed by atoms with Gasteiger partial charge in [-0.05, 0) is 31.5 Å². The van der Waals surface area contributed by atoms with E-state index in [0.29, 0.717) is 13.2 Å². The van der Waals surface area contributed by atoms with Crippen LogP contribution in [0.2, 0.25) is 0 Å². The van der Waals surface area contributed by atoms with E-state index in [1.54, 1.807) is 0 Å². The Labute approximate surface area is 188 Å². The third-order valence-corrected chi connectivity index (χ3v) is 4.98. The van der Waals surface area contributed by atoms with Gasteiger partial charge < -0.3 is 19.8 Å². The van der Waals surface area contributed by atoms with Gasteiger partial charge in [-0.15, -0.1) is 24.0 Å². The summed E-state index contributed by atoms with van der Waals surface area (Å²) in [5.74, 6) is 1.80. The van der Waals surface area contributed by atoms with Crippen molar-refractivity contribution in [3.63, 3.8) is 0 Å². The van der Waals surface area contributed by atoms with E-state index in [2.05, 4.69) is 53.3 Å². The molecule has 2 N–H and O–H groups in total. The number of aryl methyl sites for hydroxylation is 1. The Morgan fingerprint density at radius 1 is 1.28 bits per heavy atom. The number of para-hydroxylation sites is 1. The summed E-state index contributed by atoms with van der Waals surface area (Å²) in [4.78, 5) is 9.51. The van der Waals surface area contributed by atoms with E-state index < -0.39 is 0 Å². The Morgan fingerprint density at radius 3 is 2.97 bits per heavy atom. The molecule has 154 valence electrons. The number of hydrogen-bond acceptors (Lipinski definition) is 3. The van der Waals surface area contributed by atoms with Crippen molar-refractivity contribution in [2.24, 2.45) is 4.99 Å². The number of guanidine groups is 1. The van der Waals surface area contributed by atoms with Crippen molar-refractivity contribution in [3.05, 3.63) is 65.6 Å². The van der Waals surface area contributed by atoms with Crippen LogP contribution in [-0.2, 0) is 6.42 Å². The predicted octanol–water partition coefficient (Wildman–Crippen LogP) is 3.88. The number of halogens is 1. The van der Waals surface area contributed by atoms with Crippen LogP contribution in [-0.4, -0.2) is 35.0 Å². The van der Waals surface area contributed by atoms with Crippen molar-refractivity contribution in [1.82, 2.24) is 20.0 Å². The highest BCUT2D eigenvalue weighted by atomic mass is 127. The second-order valence-electron chi connectivity index (χ2n) is 7.04. The number of fused-ring (bicyclic) bond motifs is 2. The van der Waals surface area contributed by atoms with Gasteiger partial charge in [-0.1, -0.05) is 24.3 Å². The Morgan fingerprint density at radius 2 is 2.14 bits per heavy atom. The molecule has 29 heavy (non-hydrogen) atoms. The number of imidazole rings is 1. The molecule has 1 atom stereocenters. The molecule has 6 nitrogen and oxygen atoms in total. The zero-order chi connectivity index (χ0) is 19.3. The molecule has 0 radical (unpaired) electrons. The molecule has 2 aromatic heterocycles. The molecule has 1 aromatic carbocycles. The summed E-state index contributed by atoms with van der Waals surface area (Å²) in [6.07, 6.45) is 5.86. The number of nitrogens with zero attached hydrogens (tertiary/aromatic N) is 3. The molecule has 0 saturated carbocycles. The Bertz CT molecular complexity index is 984. The molecule has 0 amide bonds. The van der Waals surface area contributed by atoms with Gasteiger partial charge in [0.15, 0.2) is 5.96 Å². The van der Waals surface area contributed by atoms with Gasteiger partial charge in [0.05, 0.1) is 18.3 Å². The fourth-order valence-electron chi connectivity index (χ4n) is 3.58. The molecule has 1 aliphatic rings. The molecule has 7 heteroatoms. The number of benzene rings is 1. The van der Waals surface area contributed by atoms with Gasteiger partial charge in [0.1, 0.15) is 11.4 Å². The summed E-state index contributed by atoms with van der Waals surface area (Å²) in [7, 11) is 0. The zero-order valence-corrected chi connectivity index (χ0v) is 19.2. The van der Waals surface area contributed by atoms with Crippen LogP contribution in [0.25, 0.3) is 5.65 Å². The Kier molecular flexibility index (Phi) is 7.35. The molecule has 3 heterocycles. The second kappa shape index (κ2) is 9.96. The molecule has 0 saturated heterocycles. The van der Waals surface area contributed by atoms with Crippen LogP contribution in [0, 0.1) is 6.92 Å². The van der Waals surface area contributed by atoms with E-state index in [9.17, 15) is 0 Å². The van der Waals surface area contributed by atoms with Crippen molar-refractivity contribution < 1.29 is 4.74 Å². The van der Waals surface area contributed by atoms with Crippen LogP contribution in [0.3, 0.4) is 0 Å². The van der Waals surface area contributed by atoms with Gasteiger partial charge in [-0.3, -0.25) is 4.99 Å². The largest absolute Gasteiger partial charge is 0.493 e. The number of rotatable bonds is 5. The molecule has 1 aliphatic heterocycles. The van der Waals surface area contributed by atoms with Crippen molar-refractivity contribution >= 4 is 35.6 Å². The molecule has 0 fully saturated rings. The van der Waals surface area contributed by atoms with Gasteiger partial charge in [0.25, 0.3) is 0 Å². The van der Waals surface area contributed by atoms with Gasteiger partial charge in [0, 0.05) is 43.9 Å². The molecular weight excluding hydrogens is 477 g/mol. The van der Waals surface area contributed by atoms with E-state index in [4.69, 9.17) is 14.7 Å². The number of aliphatic imine (C=N–C) groups is 1. The van der Waals surface area contributed by atoms with Crippen molar-refractivity contribution in [1.29, 1.82) is 0 Å². The number of ether oxygens (including phenoxy) is 1. The van der Waals surface area contributed by atoms with Gasteiger partial charge in [-0.2, -0.15) is 0 Å². The highest BCUT2D eigenvalue weighted by Gasteiger charge is 2.21. The van der Waals surface area contributed by atoms with E-state index >= 15 is 0 Å². The van der Waals surface area contributed by atoms with E-state index in [0.717, 1.165) is 42.4 Å². The minimum atomic E-state index is 0. The van der Waals surface area contributed by atoms with Crippen molar-refractivity contribution in [2.75, 3.05) is 19.7 Å². The first kappa shape index (κ1) is 21.4. The van der Waals surface area contributed by atoms with Crippen LogP contribution in [0.15, 0.2) is 53.8 Å². The first-order valence-corrected chi connectivity index (χ1v) is 9.94. The van der Waals surface area contributed by atoms with Crippen molar-refractivity contribution in [2.45, 2.75) is 32.7 Å². The first-order chi connectivity index (χ1) is 13.7. The lowest BCUT2D eigenvalue weighted by molar-refractivity contribution is 0.261. The molecular formula is C22H28IN5O. The van der Waals surface area contributed by atoms with Gasteiger partial charge in [-0.25, -0.2) is 4.98 Å². The lowest BCUT2D eigenvalue weighted by Crippen LogP contribution is -2.41. The normalized spacial score (nSPS) is 15.9. The second-order valence-corrected chi connectivity index (χ2v) is 7.04. The van der Waals surface area contributed by atoms with Gasteiger partial charge in [0.2, 0.25) is 0 Å². The van der Waals surface area contributed by atoms with Crippen LogP contribution in [0.5, 0.6) is 5.75 Å². The lowest BCUT2D eigenvalue weighted by atomic mass is 10.0. The smallest absolute Gasteiger partial charge is 0.191 e. The van der Waals surface area contributed by atoms with E-state index in [1.807, 2.05) is 24.4 Å². The van der Waals surface area contributed by atoms with Gasteiger partial charge >= 0.3 is 0 Å². The quantitative estimate of drug-likeness (QED) is 0.314. The van der Waals surface area contributed by atoms with Crippen LogP contribution >= 0.6 is 24.0 Å². The maximum atomic E-state index is 5.76. The van der Waals surface area contributed by atoms with E-state index in [-0.39, 0.29) is 30.0 Å². The fraction of sp³-hybridized carbons (Fsp3) is 0.364. The zero-order valence-electron chi connectivity index (χ0n) is 16.9. The summed E-state index contributed by atoms with van der Waals surface area (Å²) in [6.45, 7) is 6.39. The highest BCUT2D eigenvalue weighted by molar-refractivity contribution is 14.0. The summed E-state index contributed by atoms with van der Waals surface area (Å²) >= 11 is 0. The molecule has 4 rings (SSSR count). The molecule has 3 aromatic rings.